The third-order valence-electron chi connectivity index (χ3n) is 6.48. The van der Waals surface area contributed by atoms with Gasteiger partial charge >= 0.3 is 18.2 Å². The second-order valence-electron chi connectivity index (χ2n) is 12.0. The van der Waals surface area contributed by atoms with Crippen LogP contribution in [0.15, 0.2) is 28.7 Å². The first-order valence-corrected chi connectivity index (χ1v) is 13.6. The fourth-order valence-electron chi connectivity index (χ4n) is 4.78. The molecule has 0 aliphatic carbocycles. The van der Waals surface area contributed by atoms with Gasteiger partial charge < -0.3 is 14.6 Å². The van der Waals surface area contributed by atoms with Crippen LogP contribution < -0.4 is 5.32 Å². The number of carbonyl (C=O) groups is 2. The summed E-state index contributed by atoms with van der Waals surface area (Å²) in [5, 5.41) is 12.0. The van der Waals surface area contributed by atoms with E-state index in [9.17, 15) is 32.3 Å². The van der Waals surface area contributed by atoms with Gasteiger partial charge in [-0.15, -0.1) is 0 Å². The van der Waals surface area contributed by atoms with Crippen molar-refractivity contribution in [3.8, 4) is 0 Å². The Morgan fingerprint density at radius 3 is 2.18 bits per heavy atom. The van der Waals surface area contributed by atoms with E-state index in [0.29, 0.717) is 4.47 Å². The Labute approximate surface area is 235 Å². The number of ether oxygens (including phenoxy) is 2. The molecule has 1 aromatic rings. The number of hydrogen-bond acceptors (Lipinski definition) is 5. The molecule has 2 rings (SSSR count). The van der Waals surface area contributed by atoms with Crippen molar-refractivity contribution >= 4 is 28.0 Å². The van der Waals surface area contributed by atoms with Gasteiger partial charge in [0.2, 0.25) is 0 Å². The standard InChI is InChI=1S/C27H39BrF4N2O5/c1-23(2,3)39-22(37)34-19(16-38-25(34,6)7)9-8-14-26(27(30,31)32,17-10-12-18(28)13-11-17)33-20(21(35)36)15-24(4,5)29/h10-13,19-20,33H,8-9,14-16H2,1-7H3,(H,35,36)/t19-,20-,26-/m0/s1. The minimum Gasteiger partial charge on any atom is -0.480 e. The molecule has 1 fully saturated rings. The number of hydrogen-bond donors (Lipinski definition) is 2. The molecule has 0 bridgehead atoms. The number of alkyl halides is 4. The second-order valence-corrected chi connectivity index (χ2v) is 12.9. The number of carbonyl (C=O) groups excluding carboxylic acids is 1. The van der Waals surface area contributed by atoms with E-state index in [1.807, 2.05) is 0 Å². The lowest BCUT2D eigenvalue weighted by atomic mass is 9.82. The number of rotatable bonds is 10. The first-order valence-electron chi connectivity index (χ1n) is 12.8. The highest BCUT2D eigenvalue weighted by molar-refractivity contribution is 9.10. The second kappa shape index (κ2) is 11.9. The summed E-state index contributed by atoms with van der Waals surface area (Å²) in [7, 11) is 0. The van der Waals surface area contributed by atoms with Crippen molar-refractivity contribution in [2.75, 3.05) is 6.61 Å². The van der Waals surface area contributed by atoms with E-state index in [-0.39, 0.29) is 25.0 Å². The van der Waals surface area contributed by atoms with Crippen LogP contribution in [0.3, 0.4) is 0 Å². The largest absolute Gasteiger partial charge is 0.480 e. The third kappa shape index (κ3) is 8.78. The number of halogens is 5. The van der Waals surface area contributed by atoms with Gasteiger partial charge in [-0.25, -0.2) is 9.18 Å². The maximum absolute atomic E-state index is 15.0. The Balaban J connectivity index is 2.42. The third-order valence-corrected chi connectivity index (χ3v) is 7.01. The van der Waals surface area contributed by atoms with Gasteiger partial charge in [-0.3, -0.25) is 15.0 Å². The highest BCUT2D eigenvalue weighted by Crippen LogP contribution is 2.45. The van der Waals surface area contributed by atoms with Crippen molar-refractivity contribution in [1.82, 2.24) is 10.2 Å². The lowest BCUT2D eigenvalue weighted by Crippen LogP contribution is -2.60. The summed E-state index contributed by atoms with van der Waals surface area (Å²) in [6, 6.07) is 3.01. The molecular weight excluding hydrogens is 588 g/mol. The number of carboxylic acids is 1. The Morgan fingerprint density at radius 1 is 1.15 bits per heavy atom. The first-order chi connectivity index (χ1) is 17.6. The Hall–Kier alpha value is -1.92. The van der Waals surface area contributed by atoms with Gasteiger partial charge in [0.15, 0.2) is 0 Å². The van der Waals surface area contributed by atoms with Crippen LogP contribution in [0, 0.1) is 0 Å². The fraction of sp³-hybridized carbons (Fsp3) is 0.704. The number of amides is 1. The van der Waals surface area contributed by atoms with E-state index in [4.69, 9.17) is 9.47 Å². The number of nitrogens with one attached hydrogen (secondary N) is 1. The monoisotopic (exact) mass is 626 g/mol. The smallest absolute Gasteiger partial charge is 0.412 e. The van der Waals surface area contributed by atoms with Gasteiger partial charge in [-0.05, 0) is 85.4 Å². The maximum atomic E-state index is 15.0. The molecule has 0 spiro atoms. The molecule has 1 amide bonds. The molecule has 3 atom stereocenters. The van der Waals surface area contributed by atoms with Crippen LogP contribution in [0.4, 0.5) is 22.4 Å². The van der Waals surface area contributed by atoms with Crippen molar-refractivity contribution in [1.29, 1.82) is 0 Å². The van der Waals surface area contributed by atoms with Gasteiger partial charge in [0.1, 0.15) is 28.6 Å². The molecule has 0 radical (unpaired) electrons. The zero-order valence-corrected chi connectivity index (χ0v) is 25.0. The van der Waals surface area contributed by atoms with E-state index >= 15 is 0 Å². The minimum atomic E-state index is -4.94. The van der Waals surface area contributed by atoms with Crippen molar-refractivity contribution in [3.05, 3.63) is 34.3 Å². The molecule has 2 N–H and O–H groups in total. The number of benzene rings is 1. The lowest BCUT2D eigenvalue weighted by molar-refractivity contribution is -0.208. The molecular formula is C27H39BrF4N2O5. The van der Waals surface area contributed by atoms with Crippen LogP contribution in [-0.2, 0) is 19.8 Å². The molecule has 0 unspecified atom stereocenters. The lowest BCUT2D eigenvalue weighted by Gasteiger charge is -2.40. The van der Waals surface area contributed by atoms with Gasteiger partial charge in [0.25, 0.3) is 0 Å². The highest BCUT2D eigenvalue weighted by Gasteiger charge is 2.57. The normalized spacial score (nSPS) is 20.4. The summed E-state index contributed by atoms with van der Waals surface area (Å²) in [5.41, 5.74) is -6.85. The quantitative estimate of drug-likeness (QED) is 0.274. The van der Waals surface area contributed by atoms with E-state index in [1.165, 1.54) is 29.2 Å². The summed E-state index contributed by atoms with van der Waals surface area (Å²) in [4.78, 5) is 26.3. The van der Waals surface area contributed by atoms with Crippen LogP contribution in [0.25, 0.3) is 0 Å². The summed E-state index contributed by atoms with van der Waals surface area (Å²) < 4.78 is 71.1. The topological polar surface area (TPSA) is 88.1 Å². The van der Waals surface area contributed by atoms with E-state index < -0.39 is 65.7 Å². The van der Waals surface area contributed by atoms with Crippen molar-refractivity contribution in [2.45, 2.75) is 115 Å². The molecule has 1 heterocycles. The molecule has 0 aromatic heterocycles. The fourth-order valence-corrected chi connectivity index (χ4v) is 5.05. The average Bonchev–Trinajstić information content (AvgIpc) is 3.04. The van der Waals surface area contributed by atoms with Crippen molar-refractivity contribution < 1.29 is 41.7 Å². The predicted octanol–water partition coefficient (Wildman–Crippen LogP) is 6.93. The molecule has 1 aliphatic rings. The van der Waals surface area contributed by atoms with E-state index in [0.717, 1.165) is 13.8 Å². The van der Waals surface area contributed by atoms with Gasteiger partial charge in [-0.1, -0.05) is 28.1 Å². The van der Waals surface area contributed by atoms with Crippen LogP contribution in [-0.4, -0.2) is 63.9 Å². The minimum absolute atomic E-state index is 0.0582. The van der Waals surface area contributed by atoms with Crippen LogP contribution in [0.1, 0.15) is 79.7 Å². The van der Waals surface area contributed by atoms with Crippen LogP contribution >= 0.6 is 15.9 Å². The van der Waals surface area contributed by atoms with Crippen LogP contribution in [0.5, 0.6) is 0 Å². The number of nitrogens with zero attached hydrogens (tertiary/aromatic N) is 1. The first kappa shape index (κ1) is 33.3. The van der Waals surface area contributed by atoms with Crippen molar-refractivity contribution in [3.63, 3.8) is 0 Å². The molecule has 12 heteroatoms. The number of carboxylic acid groups (broad SMARTS) is 1. The Bertz CT molecular complexity index is 1010. The highest BCUT2D eigenvalue weighted by atomic mass is 79.9. The molecule has 0 saturated carbocycles. The SMILES string of the molecule is CC(C)(F)C[C@H](N[C@@](CCC[C@H]1COC(C)(C)N1C(=O)OC(C)(C)C)(c1ccc(Br)cc1)C(F)(F)F)C(=O)O. The summed E-state index contributed by atoms with van der Waals surface area (Å²) >= 11 is 3.22. The predicted molar refractivity (Wildman–Crippen MR) is 142 cm³/mol. The zero-order chi connectivity index (χ0) is 30.0. The van der Waals surface area contributed by atoms with Gasteiger partial charge in [0, 0.05) is 10.9 Å². The molecule has 1 aromatic carbocycles. The summed E-state index contributed by atoms with van der Waals surface area (Å²) in [5.74, 6) is -1.59. The average molecular weight is 628 g/mol. The molecule has 7 nitrogen and oxygen atoms in total. The molecule has 1 aliphatic heterocycles. The molecule has 222 valence electrons. The molecule has 1 saturated heterocycles. The van der Waals surface area contributed by atoms with Crippen LogP contribution in [0.2, 0.25) is 0 Å². The maximum Gasteiger partial charge on any atom is 0.412 e. The van der Waals surface area contributed by atoms with E-state index in [1.54, 1.807) is 34.6 Å². The summed E-state index contributed by atoms with van der Waals surface area (Å²) in [6.45, 7) is 10.8. The van der Waals surface area contributed by atoms with Crippen molar-refractivity contribution in [2.24, 2.45) is 0 Å². The Morgan fingerprint density at radius 2 is 1.72 bits per heavy atom. The summed E-state index contributed by atoms with van der Waals surface area (Å²) in [6.07, 6.45) is -6.74. The molecule has 39 heavy (non-hydrogen) atoms. The Kier molecular flexibility index (Phi) is 10.2. The van der Waals surface area contributed by atoms with Gasteiger partial charge in [-0.2, -0.15) is 13.2 Å². The van der Waals surface area contributed by atoms with Gasteiger partial charge in [0.05, 0.1) is 12.6 Å². The number of aliphatic carboxylic acids is 1. The van der Waals surface area contributed by atoms with E-state index in [2.05, 4.69) is 21.2 Å². The zero-order valence-electron chi connectivity index (χ0n) is 23.4.